The molecule has 190 valence electrons. The first-order valence-electron chi connectivity index (χ1n) is 10.8. The molecule has 2 atom stereocenters. The summed E-state index contributed by atoms with van der Waals surface area (Å²) in [5.41, 5.74) is 0.0482. The maximum atomic E-state index is 13.0. The van der Waals surface area contributed by atoms with Crippen LogP contribution in [0.3, 0.4) is 0 Å². The summed E-state index contributed by atoms with van der Waals surface area (Å²) in [4.78, 5) is 12.2. The van der Waals surface area contributed by atoms with Crippen molar-refractivity contribution in [1.82, 2.24) is 0 Å². The molecule has 2 aromatic carbocycles. The number of aliphatic hydroxyl groups is 1. The lowest BCUT2D eigenvalue weighted by atomic mass is 9.90. The number of hydrogen-bond acceptors (Lipinski definition) is 6. The Labute approximate surface area is 200 Å². The zero-order valence-electron chi connectivity index (χ0n) is 18.7. The average molecular weight is 515 g/mol. The fourth-order valence-electron chi connectivity index (χ4n) is 3.56. The largest absolute Gasteiger partial charge is 0.573 e. The number of aliphatic hydroxyl groups excluding tert-OH is 1. The van der Waals surface area contributed by atoms with E-state index in [-0.39, 0.29) is 34.5 Å². The Balaban J connectivity index is 1.80. The van der Waals surface area contributed by atoms with E-state index >= 15 is 0 Å². The van der Waals surface area contributed by atoms with Gasteiger partial charge in [0.05, 0.1) is 12.3 Å². The molecule has 0 fully saturated rings. The number of benzene rings is 2. The molecule has 3 rings (SSSR count). The highest BCUT2D eigenvalue weighted by molar-refractivity contribution is 7.92. The Bertz CT molecular complexity index is 1180. The molecule has 2 unspecified atom stereocenters. The molecule has 0 bridgehead atoms. The summed E-state index contributed by atoms with van der Waals surface area (Å²) in [6, 6.07) is 8.19. The van der Waals surface area contributed by atoms with Gasteiger partial charge in [-0.05, 0) is 50.5 Å². The maximum Gasteiger partial charge on any atom is 0.573 e. The average Bonchev–Trinajstić information content (AvgIpc) is 2.78. The van der Waals surface area contributed by atoms with Crippen LogP contribution in [0.1, 0.15) is 26.2 Å². The molecule has 1 amide bonds. The minimum absolute atomic E-state index is 0.0902. The lowest BCUT2D eigenvalue weighted by molar-refractivity contribution is -0.274. The second kappa shape index (κ2) is 11.0. The van der Waals surface area contributed by atoms with Crippen molar-refractivity contribution in [1.29, 1.82) is 0 Å². The summed E-state index contributed by atoms with van der Waals surface area (Å²) in [6.07, 6.45) is -0.0472. The van der Waals surface area contributed by atoms with Crippen molar-refractivity contribution in [2.45, 2.75) is 43.5 Å². The summed E-state index contributed by atoms with van der Waals surface area (Å²) >= 11 is 0. The van der Waals surface area contributed by atoms with Crippen LogP contribution in [-0.2, 0) is 14.8 Å². The molecule has 0 saturated carbocycles. The Morgan fingerprint density at radius 3 is 2.63 bits per heavy atom. The zero-order valence-corrected chi connectivity index (χ0v) is 19.5. The number of halogens is 3. The minimum atomic E-state index is -4.93. The Hall–Kier alpha value is -3.25. The van der Waals surface area contributed by atoms with Crippen LogP contribution in [0.4, 0.5) is 24.5 Å². The highest BCUT2D eigenvalue weighted by Crippen LogP contribution is 2.31. The van der Waals surface area contributed by atoms with Crippen LogP contribution in [-0.4, -0.2) is 38.5 Å². The number of nitrogens with one attached hydrogen (secondary N) is 2. The van der Waals surface area contributed by atoms with Gasteiger partial charge in [-0.25, -0.2) is 8.42 Å². The van der Waals surface area contributed by atoms with Gasteiger partial charge < -0.3 is 19.9 Å². The van der Waals surface area contributed by atoms with Crippen molar-refractivity contribution in [3.05, 3.63) is 54.6 Å². The number of carbonyl (C=O) groups is 1. The van der Waals surface area contributed by atoms with Crippen molar-refractivity contribution in [3.63, 3.8) is 0 Å². The molecule has 3 N–H and O–H groups in total. The first-order chi connectivity index (χ1) is 16.5. The number of alkyl halides is 3. The molecule has 0 radical (unpaired) electrons. The van der Waals surface area contributed by atoms with Crippen molar-refractivity contribution in [3.8, 4) is 11.5 Å². The number of hydrogen-bond donors (Lipinski definition) is 3. The third-order valence-corrected chi connectivity index (χ3v) is 6.51. The van der Waals surface area contributed by atoms with Crippen LogP contribution in [0.2, 0.25) is 0 Å². The fraction of sp³-hybridized carbons (Fsp3) is 0.348. The first kappa shape index (κ1) is 26.4. The predicted molar refractivity (Wildman–Crippen MR) is 123 cm³/mol. The molecule has 0 aromatic heterocycles. The van der Waals surface area contributed by atoms with Gasteiger partial charge in [-0.1, -0.05) is 18.2 Å². The number of amides is 1. The second-order valence-electron chi connectivity index (χ2n) is 7.73. The van der Waals surface area contributed by atoms with Crippen molar-refractivity contribution in [2.24, 2.45) is 5.92 Å². The van der Waals surface area contributed by atoms with Gasteiger partial charge in [0.1, 0.15) is 22.5 Å². The molecule has 1 aliphatic carbocycles. The van der Waals surface area contributed by atoms with Gasteiger partial charge in [-0.3, -0.25) is 9.52 Å². The highest BCUT2D eigenvalue weighted by Gasteiger charge is 2.31. The fourth-order valence-corrected chi connectivity index (χ4v) is 4.73. The molecule has 8 nitrogen and oxygen atoms in total. The van der Waals surface area contributed by atoms with E-state index in [9.17, 15) is 31.5 Å². The van der Waals surface area contributed by atoms with E-state index in [0.717, 1.165) is 25.0 Å². The summed E-state index contributed by atoms with van der Waals surface area (Å²) < 4.78 is 74.8. The monoisotopic (exact) mass is 514 g/mol. The number of sulfonamides is 1. The van der Waals surface area contributed by atoms with E-state index in [0.29, 0.717) is 6.42 Å². The number of rotatable bonds is 9. The molecule has 1 aliphatic rings. The molecule has 0 heterocycles. The van der Waals surface area contributed by atoms with Crippen LogP contribution in [0.5, 0.6) is 11.5 Å². The Kier molecular flexibility index (Phi) is 8.28. The molecule has 0 spiro atoms. The predicted octanol–water partition coefficient (Wildman–Crippen LogP) is 4.44. The number of carbonyl (C=O) groups excluding carboxylic acids is 1. The van der Waals surface area contributed by atoms with E-state index in [1.807, 2.05) is 6.08 Å². The molecule has 2 aromatic rings. The Morgan fingerprint density at radius 2 is 1.97 bits per heavy atom. The van der Waals surface area contributed by atoms with E-state index in [1.165, 1.54) is 30.3 Å². The Morgan fingerprint density at radius 1 is 1.20 bits per heavy atom. The number of allylic oxidation sites excluding steroid dienone is 1. The van der Waals surface area contributed by atoms with Crippen LogP contribution < -0.4 is 19.5 Å². The third kappa shape index (κ3) is 7.36. The molecule has 0 aliphatic heterocycles. The molecule has 35 heavy (non-hydrogen) atoms. The van der Waals surface area contributed by atoms with Crippen LogP contribution in [0, 0.1) is 5.92 Å². The van der Waals surface area contributed by atoms with Gasteiger partial charge in [-0.2, -0.15) is 0 Å². The topological polar surface area (TPSA) is 114 Å². The molecule has 12 heteroatoms. The van der Waals surface area contributed by atoms with Crippen LogP contribution in [0.15, 0.2) is 59.5 Å². The van der Waals surface area contributed by atoms with E-state index in [2.05, 4.69) is 14.8 Å². The lowest BCUT2D eigenvalue weighted by Crippen LogP contribution is -2.34. The van der Waals surface area contributed by atoms with Crippen molar-refractivity contribution >= 4 is 27.3 Å². The SMILES string of the molecule is CCOc1cc(NC(=O)C(O)C2C=CCCC2)ccc1S(=O)(=O)Nc1cccc(OC(F)(F)F)c1. The summed E-state index contributed by atoms with van der Waals surface area (Å²) in [5, 5.41) is 12.9. The maximum absolute atomic E-state index is 13.0. The normalized spacial score (nSPS) is 16.9. The number of ether oxygens (including phenoxy) is 2. The summed E-state index contributed by atoms with van der Waals surface area (Å²) in [5.74, 6) is -1.63. The van der Waals surface area contributed by atoms with E-state index in [4.69, 9.17) is 4.74 Å². The molecule has 0 saturated heterocycles. The van der Waals surface area contributed by atoms with Gasteiger partial charge >= 0.3 is 6.36 Å². The van der Waals surface area contributed by atoms with Crippen LogP contribution in [0.25, 0.3) is 0 Å². The van der Waals surface area contributed by atoms with Crippen molar-refractivity contribution in [2.75, 3.05) is 16.6 Å². The third-order valence-electron chi connectivity index (χ3n) is 5.09. The van der Waals surface area contributed by atoms with Crippen LogP contribution >= 0.6 is 0 Å². The van der Waals surface area contributed by atoms with Gasteiger partial charge in [0.15, 0.2) is 0 Å². The van der Waals surface area contributed by atoms with Gasteiger partial charge in [0.25, 0.3) is 15.9 Å². The van der Waals surface area contributed by atoms with E-state index in [1.54, 1.807) is 13.0 Å². The lowest BCUT2D eigenvalue weighted by Gasteiger charge is -2.22. The number of anilines is 2. The quantitative estimate of drug-likeness (QED) is 0.427. The van der Waals surface area contributed by atoms with Gasteiger partial charge in [0, 0.05) is 23.7 Å². The molecular formula is C23H25F3N2O6S. The van der Waals surface area contributed by atoms with Crippen molar-refractivity contribution < 1.29 is 41.0 Å². The minimum Gasteiger partial charge on any atom is -0.492 e. The summed E-state index contributed by atoms with van der Waals surface area (Å²) in [7, 11) is -4.29. The standard InChI is InChI=1S/C23H25F3N2O6S/c1-2-33-19-14-16(27-22(30)21(29)15-7-4-3-5-8-15)11-12-20(19)35(31,32)28-17-9-6-10-18(13-17)34-23(24,25)26/h4,6-7,9-15,21,28-29H,2-3,5,8H2,1H3,(H,27,30). The van der Waals surface area contributed by atoms with Gasteiger partial charge in [0.2, 0.25) is 0 Å². The molecular weight excluding hydrogens is 489 g/mol. The zero-order chi connectivity index (χ0) is 25.6. The first-order valence-corrected chi connectivity index (χ1v) is 12.3. The summed E-state index contributed by atoms with van der Waals surface area (Å²) in [6.45, 7) is 1.73. The highest BCUT2D eigenvalue weighted by atomic mass is 32.2. The second-order valence-corrected chi connectivity index (χ2v) is 9.38. The smallest absolute Gasteiger partial charge is 0.492 e. The van der Waals surface area contributed by atoms with Gasteiger partial charge in [-0.15, -0.1) is 13.2 Å². The van der Waals surface area contributed by atoms with E-state index < -0.39 is 34.1 Å².